The molecule has 6 nitrogen and oxygen atoms in total. The number of Topliss-reactive ketones (excluding diaryl/α,β-unsaturated/α-hetero) is 1. The van der Waals surface area contributed by atoms with Crippen LogP contribution in [0.2, 0.25) is 0 Å². The van der Waals surface area contributed by atoms with Gasteiger partial charge in [-0.3, -0.25) is 14.2 Å². The number of carboxylic acid groups (broad SMARTS) is 1. The van der Waals surface area contributed by atoms with Crippen LogP contribution in [0.5, 0.6) is 0 Å². The number of aliphatic carboxylic acids is 1. The van der Waals surface area contributed by atoms with Gasteiger partial charge >= 0.3 is 11.7 Å². The van der Waals surface area contributed by atoms with E-state index in [9.17, 15) is 14.4 Å². The topological polar surface area (TPSA) is 89.5 Å². The third-order valence-electron chi connectivity index (χ3n) is 3.17. The molecule has 1 aromatic heterocycles. The fourth-order valence-corrected chi connectivity index (χ4v) is 2.11. The number of aromatic nitrogens is 1. The molecule has 0 saturated carbocycles. The van der Waals surface area contributed by atoms with Crippen molar-refractivity contribution < 1.29 is 19.1 Å². The second kappa shape index (κ2) is 5.32. The van der Waals surface area contributed by atoms with E-state index in [4.69, 9.17) is 9.52 Å². The summed E-state index contributed by atoms with van der Waals surface area (Å²) in [4.78, 5) is 34.0. The summed E-state index contributed by atoms with van der Waals surface area (Å²) in [5.74, 6) is -1.80. The smallest absolute Gasteiger partial charge is 0.419 e. The Hall–Kier alpha value is -2.37. The van der Waals surface area contributed by atoms with Gasteiger partial charge in [0, 0.05) is 25.5 Å². The molecule has 0 radical (unpaired) electrons. The first-order valence-corrected chi connectivity index (χ1v) is 6.23. The van der Waals surface area contributed by atoms with Crippen LogP contribution in [-0.2, 0) is 11.8 Å². The molecule has 1 aromatic carbocycles. The fraction of sp³-hybridized carbons (Fsp3) is 0.357. The molecule has 1 unspecified atom stereocenters. The van der Waals surface area contributed by atoms with Crippen LogP contribution < -0.4 is 5.76 Å². The lowest BCUT2D eigenvalue weighted by atomic mass is 9.97. The highest BCUT2D eigenvalue weighted by molar-refractivity contribution is 5.98. The molecule has 0 saturated heterocycles. The summed E-state index contributed by atoms with van der Waals surface area (Å²) in [6.07, 6.45) is 0.100. The average molecular weight is 277 g/mol. The summed E-state index contributed by atoms with van der Waals surface area (Å²) in [5, 5.41) is 8.68. The summed E-state index contributed by atoms with van der Waals surface area (Å²) in [6.45, 7) is 1.72. The van der Waals surface area contributed by atoms with Gasteiger partial charge in [0.15, 0.2) is 11.4 Å². The van der Waals surface area contributed by atoms with Gasteiger partial charge < -0.3 is 9.52 Å². The van der Waals surface area contributed by atoms with E-state index in [1.165, 1.54) is 10.6 Å². The number of oxazole rings is 1. The number of rotatable bonds is 5. The Morgan fingerprint density at radius 1 is 1.35 bits per heavy atom. The molecular weight excluding hydrogens is 262 g/mol. The number of aryl methyl sites for hydroxylation is 1. The molecule has 1 atom stereocenters. The van der Waals surface area contributed by atoms with Gasteiger partial charge in [0.05, 0.1) is 5.52 Å². The number of carbonyl (C=O) groups is 2. The summed E-state index contributed by atoms with van der Waals surface area (Å²) < 4.78 is 6.38. The lowest BCUT2D eigenvalue weighted by Gasteiger charge is -2.07. The molecule has 2 rings (SSSR count). The van der Waals surface area contributed by atoms with E-state index in [2.05, 4.69) is 0 Å². The minimum Gasteiger partial charge on any atom is -0.481 e. The molecule has 0 fully saturated rings. The van der Waals surface area contributed by atoms with E-state index in [0.29, 0.717) is 16.7 Å². The average Bonchev–Trinajstić information content (AvgIpc) is 2.63. The molecule has 0 amide bonds. The maximum Gasteiger partial charge on any atom is 0.419 e. The van der Waals surface area contributed by atoms with E-state index >= 15 is 0 Å². The summed E-state index contributed by atoms with van der Waals surface area (Å²) in [5.41, 5.74) is 1.39. The Kier molecular flexibility index (Phi) is 3.74. The molecule has 0 aliphatic rings. The van der Waals surface area contributed by atoms with Crippen LogP contribution in [0.1, 0.15) is 30.1 Å². The number of fused-ring (bicyclic) bond motifs is 1. The summed E-state index contributed by atoms with van der Waals surface area (Å²) in [7, 11) is 1.59. The van der Waals surface area contributed by atoms with Gasteiger partial charge in [-0.05, 0) is 24.1 Å². The number of carboxylic acids is 1. The predicted molar refractivity (Wildman–Crippen MR) is 71.8 cm³/mol. The third-order valence-corrected chi connectivity index (χ3v) is 3.17. The number of nitrogens with zero attached hydrogens (tertiary/aromatic N) is 1. The van der Waals surface area contributed by atoms with Crippen molar-refractivity contribution >= 4 is 22.9 Å². The first-order chi connectivity index (χ1) is 9.38. The van der Waals surface area contributed by atoms with Gasteiger partial charge in [0.1, 0.15) is 0 Å². The van der Waals surface area contributed by atoms with Crippen molar-refractivity contribution in [2.75, 3.05) is 0 Å². The zero-order valence-electron chi connectivity index (χ0n) is 11.3. The molecule has 0 spiro atoms. The molecule has 0 bridgehead atoms. The maximum atomic E-state index is 12.1. The van der Waals surface area contributed by atoms with Crippen LogP contribution in [-0.4, -0.2) is 21.4 Å². The molecule has 1 N–H and O–H groups in total. The molecule has 2 aromatic rings. The highest BCUT2D eigenvalue weighted by Crippen LogP contribution is 2.18. The minimum absolute atomic E-state index is 0.0472. The monoisotopic (exact) mass is 277 g/mol. The quantitative estimate of drug-likeness (QED) is 0.842. The first kappa shape index (κ1) is 14.0. The standard InChI is InChI=1S/C14H15NO5/c1-8(6-13(17)18)5-11(16)9-3-4-10-12(7-9)20-14(19)15(10)2/h3-4,7-8H,5-6H2,1-2H3,(H,17,18). The Morgan fingerprint density at radius 3 is 2.70 bits per heavy atom. The molecule has 0 aliphatic heterocycles. The van der Waals surface area contributed by atoms with E-state index in [-0.39, 0.29) is 24.5 Å². The van der Waals surface area contributed by atoms with Crippen molar-refractivity contribution in [3.05, 3.63) is 34.3 Å². The van der Waals surface area contributed by atoms with Gasteiger partial charge in [-0.2, -0.15) is 0 Å². The number of benzene rings is 1. The zero-order valence-corrected chi connectivity index (χ0v) is 11.3. The number of hydrogen-bond donors (Lipinski definition) is 1. The fourth-order valence-electron chi connectivity index (χ4n) is 2.11. The zero-order chi connectivity index (χ0) is 14.9. The lowest BCUT2D eigenvalue weighted by molar-refractivity contribution is -0.137. The second-order valence-corrected chi connectivity index (χ2v) is 4.94. The molecule has 20 heavy (non-hydrogen) atoms. The van der Waals surface area contributed by atoms with Gasteiger partial charge in [0.25, 0.3) is 0 Å². The van der Waals surface area contributed by atoms with E-state index < -0.39 is 11.7 Å². The number of ketones is 1. The van der Waals surface area contributed by atoms with Crippen LogP contribution in [0.4, 0.5) is 0 Å². The number of carbonyl (C=O) groups excluding carboxylic acids is 1. The van der Waals surface area contributed by atoms with Crippen molar-refractivity contribution in [3.8, 4) is 0 Å². The maximum absolute atomic E-state index is 12.1. The van der Waals surface area contributed by atoms with Crippen LogP contribution in [0.15, 0.2) is 27.4 Å². The van der Waals surface area contributed by atoms with Crippen LogP contribution in [0, 0.1) is 5.92 Å². The highest BCUT2D eigenvalue weighted by Gasteiger charge is 2.16. The van der Waals surface area contributed by atoms with E-state index in [1.807, 2.05) is 0 Å². The molecular formula is C14H15NO5. The molecule has 6 heteroatoms. The Morgan fingerprint density at radius 2 is 2.05 bits per heavy atom. The van der Waals surface area contributed by atoms with Crippen molar-refractivity contribution in [1.29, 1.82) is 0 Å². The normalized spacial score (nSPS) is 12.5. The van der Waals surface area contributed by atoms with Crippen LogP contribution >= 0.6 is 0 Å². The van der Waals surface area contributed by atoms with Crippen molar-refractivity contribution in [1.82, 2.24) is 4.57 Å². The van der Waals surface area contributed by atoms with Crippen molar-refractivity contribution in [2.45, 2.75) is 19.8 Å². The SMILES string of the molecule is CC(CC(=O)O)CC(=O)c1ccc2c(c1)oc(=O)n2C. The van der Waals surface area contributed by atoms with Crippen LogP contribution in [0.3, 0.4) is 0 Å². The van der Waals surface area contributed by atoms with Crippen LogP contribution in [0.25, 0.3) is 11.1 Å². The Balaban J connectivity index is 2.22. The lowest BCUT2D eigenvalue weighted by Crippen LogP contribution is -2.10. The Bertz CT molecular complexity index is 725. The highest BCUT2D eigenvalue weighted by atomic mass is 16.4. The first-order valence-electron chi connectivity index (χ1n) is 6.23. The summed E-state index contributed by atoms with van der Waals surface area (Å²) in [6, 6.07) is 4.79. The molecule has 106 valence electrons. The second-order valence-electron chi connectivity index (χ2n) is 4.94. The van der Waals surface area contributed by atoms with Gasteiger partial charge in [-0.15, -0.1) is 0 Å². The largest absolute Gasteiger partial charge is 0.481 e. The van der Waals surface area contributed by atoms with E-state index in [0.717, 1.165) is 0 Å². The molecule has 0 aliphatic carbocycles. The molecule has 1 heterocycles. The summed E-state index contributed by atoms with van der Waals surface area (Å²) >= 11 is 0. The number of hydrogen-bond acceptors (Lipinski definition) is 4. The Labute approximate surface area is 114 Å². The third kappa shape index (κ3) is 2.79. The van der Waals surface area contributed by atoms with Gasteiger partial charge in [-0.25, -0.2) is 4.79 Å². The van der Waals surface area contributed by atoms with Crippen molar-refractivity contribution in [2.24, 2.45) is 13.0 Å². The van der Waals surface area contributed by atoms with Gasteiger partial charge in [0.2, 0.25) is 0 Å². The van der Waals surface area contributed by atoms with Gasteiger partial charge in [-0.1, -0.05) is 6.92 Å². The van der Waals surface area contributed by atoms with Crippen molar-refractivity contribution in [3.63, 3.8) is 0 Å². The predicted octanol–water partition coefficient (Wildman–Crippen LogP) is 1.82. The van der Waals surface area contributed by atoms with E-state index in [1.54, 1.807) is 26.1 Å². The minimum atomic E-state index is -0.921.